The summed E-state index contributed by atoms with van der Waals surface area (Å²) in [6.07, 6.45) is 0.365. The van der Waals surface area contributed by atoms with Crippen LogP contribution in [0.5, 0.6) is 0 Å². The molecule has 7 nitrogen and oxygen atoms in total. The molecule has 0 fully saturated rings. The highest BCUT2D eigenvalue weighted by Gasteiger charge is 2.42. The molecule has 1 atom stereocenters. The number of methoxy groups -OCH3 is 1. The number of fused-ring (bicyclic) bond motifs is 2. The third kappa shape index (κ3) is 3.09. The van der Waals surface area contributed by atoms with Gasteiger partial charge in [-0.1, -0.05) is 24.3 Å². The van der Waals surface area contributed by atoms with Gasteiger partial charge in [0.15, 0.2) is 5.43 Å². The number of esters is 1. The van der Waals surface area contributed by atoms with Gasteiger partial charge in [0.25, 0.3) is 5.91 Å². The minimum Gasteiger partial charge on any atom is -0.465 e. The van der Waals surface area contributed by atoms with E-state index in [1.54, 1.807) is 48.5 Å². The number of aliphatic hydroxyl groups excluding tert-OH is 1. The number of rotatable bonds is 5. The monoisotopic (exact) mass is 393 g/mol. The van der Waals surface area contributed by atoms with Crippen molar-refractivity contribution in [2.45, 2.75) is 12.5 Å². The number of ether oxygens (including phenoxy) is 1. The van der Waals surface area contributed by atoms with Crippen molar-refractivity contribution >= 4 is 22.8 Å². The van der Waals surface area contributed by atoms with Crippen molar-refractivity contribution in [3.63, 3.8) is 0 Å². The Morgan fingerprint density at radius 2 is 1.86 bits per heavy atom. The number of carbonyl (C=O) groups excluding carboxylic acids is 2. The zero-order chi connectivity index (χ0) is 20.5. The van der Waals surface area contributed by atoms with Crippen molar-refractivity contribution in [3.8, 4) is 0 Å². The molecule has 2 heterocycles. The van der Waals surface area contributed by atoms with E-state index in [0.29, 0.717) is 28.5 Å². The number of carbonyl (C=O) groups is 2. The van der Waals surface area contributed by atoms with E-state index < -0.39 is 17.9 Å². The van der Waals surface area contributed by atoms with Gasteiger partial charge in [0.05, 0.1) is 29.7 Å². The molecule has 0 radical (unpaired) electrons. The molecule has 7 heteroatoms. The minimum absolute atomic E-state index is 0.0219. The molecular weight excluding hydrogens is 374 g/mol. The molecule has 0 spiro atoms. The molecule has 1 aliphatic rings. The Balaban J connectivity index is 1.89. The molecule has 2 aromatic carbocycles. The van der Waals surface area contributed by atoms with Crippen LogP contribution in [0.3, 0.4) is 0 Å². The SMILES string of the molecule is COC(=O)c1ccc([C@H]2c3c(oc4ccccc4c3=O)C(=O)N2CCCO)cc1. The van der Waals surface area contributed by atoms with Gasteiger partial charge in [-0.25, -0.2) is 4.79 Å². The molecule has 4 rings (SSSR count). The molecule has 1 aliphatic heterocycles. The average Bonchev–Trinajstić information content (AvgIpc) is 3.04. The molecule has 0 bridgehead atoms. The Bertz CT molecular complexity index is 1150. The topological polar surface area (TPSA) is 97.0 Å². The molecular formula is C22H19NO6. The van der Waals surface area contributed by atoms with Crippen LogP contribution in [0.1, 0.15) is 44.5 Å². The van der Waals surface area contributed by atoms with Crippen LogP contribution >= 0.6 is 0 Å². The van der Waals surface area contributed by atoms with Crippen molar-refractivity contribution in [3.05, 3.63) is 81.2 Å². The molecule has 1 amide bonds. The fourth-order valence-corrected chi connectivity index (χ4v) is 3.70. The third-order valence-electron chi connectivity index (χ3n) is 5.08. The number of para-hydroxylation sites is 1. The summed E-state index contributed by atoms with van der Waals surface area (Å²) in [6.45, 7) is 0.177. The molecule has 1 aromatic heterocycles. The number of hydrogen-bond donors (Lipinski definition) is 1. The van der Waals surface area contributed by atoms with Crippen molar-refractivity contribution in [2.75, 3.05) is 20.3 Å². The first-order valence-electron chi connectivity index (χ1n) is 9.22. The summed E-state index contributed by atoms with van der Waals surface area (Å²) in [5.41, 5.74) is 1.41. The Kier molecular flexibility index (Phi) is 4.90. The predicted molar refractivity (Wildman–Crippen MR) is 105 cm³/mol. The van der Waals surface area contributed by atoms with Gasteiger partial charge in [0.2, 0.25) is 5.76 Å². The predicted octanol–water partition coefficient (Wildman–Crippen LogP) is 2.51. The minimum atomic E-state index is -0.656. The Morgan fingerprint density at radius 3 is 2.55 bits per heavy atom. The van der Waals surface area contributed by atoms with Crippen molar-refractivity contribution in [1.29, 1.82) is 0 Å². The fraction of sp³-hybridized carbons (Fsp3) is 0.227. The molecule has 0 saturated carbocycles. The van der Waals surface area contributed by atoms with Crippen LogP contribution in [-0.4, -0.2) is 42.1 Å². The molecule has 0 unspecified atom stereocenters. The van der Waals surface area contributed by atoms with Gasteiger partial charge in [0.1, 0.15) is 5.58 Å². The van der Waals surface area contributed by atoms with Gasteiger partial charge < -0.3 is 19.2 Å². The van der Waals surface area contributed by atoms with Crippen molar-refractivity contribution < 1.29 is 23.8 Å². The van der Waals surface area contributed by atoms with Crippen molar-refractivity contribution in [2.24, 2.45) is 0 Å². The summed E-state index contributed by atoms with van der Waals surface area (Å²) in [7, 11) is 1.30. The first kappa shape index (κ1) is 18.9. The first-order valence-corrected chi connectivity index (χ1v) is 9.22. The summed E-state index contributed by atoms with van der Waals surface area (Å²) < 4.78 is 10.5. The second-order valence-corrected chi connectivity index (χ2v) is 6.76. The van der Waals surface area contributed by atoms with Gasteiger partial charge in [-0.2, -0.15) is 0 Å². The first-order chi connectivity index (χ1) is 14.1. The number of hydrogen-bond acceptors (Lipinski definition) is 6. The van der Waals surface area contributed by atoms with E-state index in [-0.39, 0.29) is 29.9 Å². The second kappa shape index (κ2) is 7.52. The number of benzene rings is 2. The van der Waals surface area contributed by atoms with Crippen LogP contribution in [0.15, 0.2) is 57.7 Å². The lowest BCUT2D eigenvalue weighted by molar-refractivity contribution is 0.0599. The summed E-state index contributed by atoms with van der Waals surface area (Å²) in [5.74, 6) is -0.839. The molecule has 0 saturated heterocycles. The van der Waals surface area contributed by atoms with Crippen LogP contribution in [0.2, 0.25) is 0 Å². The van der Waals surface area contributed by atoms with E-state index >= 15 is 0 Å². The summed E-state index contributed by atoms with van der Waals surface area (Å²) in [5, 5.41) is 9.65. The molecule has 1 N–H and O–H groups in total. The highest BCUT2D eigenvalue weighted by atomic mass is 16.5. The zero-order valence-electron chi connectivity index (χ0n) is 15.8. The van der Waals surface area contributed by atoms with Crippen LogP contribution in [0.25, 0.3) is 11.0 Å². The van der Waals surface area contributed by atoms with E-state index in [1.807, 2.05) is 0 Å². The number of amides is 1. The Morgan fingerprint density at radius 1 is 1.14 bits per heavy atom. The highest BCUT2D eigenvalue weighted by Crippen LogP contribution is 2.38. The van der Waals surface area contributed by atoms with Gasteiger partial charge in [-0.3, -0.25) is 9.59 Å². The van der Waals surface area contributed by atoms with E-state index in [9.17, 15) is 19.5 Å². The Labute approximate surface area is 166 Å². The summed E-state index contributed by atoms with van der Waals surface area (Å²) in [4.78, 5) is 39.5. The summed E-state index contributed by atoms with van der Waals surface area (Å²) in [6, 6.07) is 12.7. The smallest absolute Gasteiger partial charge is 0.337 e. The van der Waals surface area contributed by atoms with Gasteiger partial charge >= 0.3 is 5.97 Å². The Hall–Kier alpha value is -3.45. The third-order valence-corrected chi connectivity index (χ3v) is 5.08. The summed E-state index contributed by atoms with van der Waals surface area (Å²) >= 11 is 0. The van der Waals surface area contributed by atoms with Gasteiger partial charge in [0, 0.05) is 13.2 Å². The van der Waals surface area contributed by atoms with E-state index in [2.05, 4.69) is 0 Å². The second-order valence-electron chi connectivity index (χ2n) is 6.76. The lowest BCUT2D eigenvalue weighted by atomic mass is 9.97. The normalized spacial score (nSPS) is 15.6. The van der Waals surface area contributed by atoms with E-state index in [4.69, 9.17) is 9.15 Å². The molecule has 148 valence electrons. The number of nitrogens with zero attached hydrogens (tertiary/aromatic N) is 1. The molecule has 29 heavy (non-hydrogen) atoms. The standard InChI is InChI=1S/C22H19NO6/c1-28-22(27)14-9-7-13(8-10-14)18-17-19(25)15-5-2-3-6-16(15)29-20(17)21(26)23(18)11-4-12-24/h2-3,5-10,18,24H,4,11-12H2,1H3/t18-/m0/s1. The van der Waals surface area contributed by atoms with E-state index in [0.717, 1.165) is 0 Å². The number of aliphatic hydroxyl groups is 1. The largest absolute Gasteiger partial charge is 0.465 e. The fourth-order valence-electron chi connectivity index (χ4n) is 3.70. The maximum absolute atomic E-state index is 13.2. The lowest BCUT2D eigenvalue weighted by Crippen LogP contribution is -2.31. The van der Waals surface area contributed by atoms with E-state index in [1.165, 1.54) is 12.0 Å². The van der Waals surface area contributed by atoms with Crippen molar-refractivity contribution in [1.82, 2.24) is 4.90 Å². The zero-order valence-corrected chi connectivity index (χ0v) is 15.8. The van der Waals surface area contributed by atoms with Gasteiger partial charge in [-0.05, 0) is 36.2 Å². The molecule has 0 aliphatic carbocycles. The molecule has 3 aromatic rings. The lowest BCUT2D eigenvalue weighted by Gasteiger charge is -2.25. The quantitative estimate of drug-likeness (QED) is 0.669. The van der Waals surface area contributed by atoms with Crippen LogP contribution in [0.4, 0.5) is 0 Å². The highest BCUT2D eigenvalue weighted by molar-refractivity contribution is 5.99. The van der Waals surface area contributed by atoms with Crippen LogP contribution in [0, 0.1) is 0 Å². The van der Waals surface area contributed by atoms with Crippen LogP contribution in [-0.2, 0) is 4.74 Å². The maximum Gasteiger partial charge on any atom is 0.337 e. The van der Waals surface area contributed by atoms with Crippen LogP contribution < -0.4 is 5.43 Å². The maximum atomic E-state index is 13.2. The van der Waals surface area contributed by atoms with Gasteiger partial charge in [-0.15, -0.1) is 0 Å². The average molecular weight is 393 g/mol.